The van der Waals surface area contributed by atoms with E-state index in [4.69, 9.17) is 4.74 Å². The molecule has 1 heterocycles. The summed E-state index contributed by atoms with van der Waals surface area (Å²) >= 11 is 0. The highest BCUT2D eigenvalue weighted by Gasteiger charge is 2.21. The number of hydrogen-bond acceptors (Lipinski definition) is 2. The Kier molecular flexibility index (Phi) is 4.12. The Bertz CT molecular complexity index is 409. The van der Waals surface area contributed by atoms with Crippen LogP contribution in [0.15, 0.2) is 12.1 Å². The van der Waals surface area contributed by atoms with Crippen molar-refractivity contribution in [2.75, 3.05) is 13.7 Å². The third-order valence-electron chi connectivity index (χ3n) is 2.50. The van der Waals surface area contributed by atoms with E-state index in [0.717, 1.165) is 6.42 Å². The van der Waals surface area contributed by atoms with E-state index in [0.29, 0.717) is 24.2 Å². The summed E-state index contributed by atoms with van der Waals surface area (Å²) in [6.07, 6.45) is 1.51. The Hall–Kier alpha value is -1.29. The predicted molar refractivity (Wildman–Crippen MR) is 60.9 cm³/mol. The van der Waals surface area contributed by atoms with Crippen LogP contribution in [-0.4, -0.2) is 19.6 Å². The number of benzene rings is 1. The first-order chi connectivity index (χ1) is 7.24. The highest BCUT2D eigenvalue weighted by molar-refractivity contribution is 5.96. The van der Waals surface area contributed by atoms with Crippen LogP contribution in [0.5, 0.6) is 5.75 Å². The Morgan fingerprint density at radius 1 is 1.50 bits per heavy atom. The first-order valence-electron chi connectivity index (χ1n) is 4.90. The average molecular weight is 246 g/mol. The van der Waals surface area contributed by atoms with Gasteiger partial charge in [0.05, 0.1) is 6.61 Å². The zero-order valence-electron chi connectivity index (χ0n) is 8.88. The molecule has 1 aromatic rings. The third kappa shape index (κ3) is 2.11. The maximum atomic E-state index is 13.4. The summed E-state index contributed by atoms with van der Waals surface area (Å²) in [4.78, 5) is 11.5. The molecule has 88 valence electrons. The van der Waals surface area contributed by atoms with Gasteiger partial charge in [0, 0.05) is 18.2 Å². The van der Waals surface area contributed by atoms with Crippen molar-refractivity contribution >= 4 is 18.3 Å². The number of ether oxygens (including phenoxy) is 1. The van der Waals surface area contributed by atoms with Gasteiger partial charge in [-0.1, -0.05) is 0 Å². The van der Waals surface area contributed by atoms with Crippen molar-refractivity contribution in [3.63, 3.8) is 0 Å². The molecule has 1 aliphatic rings. The number of rotatable bonds is 1. The topological polar surface area (TPSA) is 38.3 Å². The summed E-state index contributed by atoms with van der Waals surface area (Å²) in [6.45, 7) is 0.515. The molecular formula is C11H13ClFNO2. The summed E-state index contributed by atoms with van der Waals surface area (Å²) in [7, 11) is 1.56. The Morgan fingerprint density at radius 3 is 2.94 bits per heavy atom. The molecule has 0 spiro atoms. The largest absolute Gasteiger partial charge is 0.490 e. The van der Waals surface area contributed by atoms with E-state index in [1.165, 1.54) is 12.1 Å². The van der Waals surface area contributed by atoms with E-state index >= 15 is 0 Å². The monoisotopic (exact) mass is 245 g/mol. The normalized spacial score (nSPS) is 13.1. The standard InChI is InChI=1S/C11H12FNO2.ClH/c1-13-11(14)8-4-5-9(12)10-7(8)3-2-6-15-10;/h4-5H,2-3,6H2,1H3,(H,13,14);1H. The lowest BCUT2D eigenvalue weighted by atomic mass is 9.99. The molecule has 0 fully saturated rings. The van der Waals surface area contributed by atoms with Crippen LogP contribution in [0.1, 0.15) is 22.3 Å². The molecule has 0 radical (unpaired) electrons. The third-order valence-corrected chi connectivity index (χ3v) is 2.50. The molecule has 16 heavy (non-hydrogen) atoms. The van der Waals surface area contributed by atoms with Crippen LogP contribution in [0.4, 0.5) is 4.39 Å². The molecule has 0 saturated carbocycles. The summed E-state index contributed by atoms with van der Waals surface area (Å²) in [5.41, 5.74) is 1.19. The molecule has 0 aromatic heterocycles. The van der Waals surface area contributed by atoms with Gasteiger partial charge in [-0.2, -0.15) is 0 Å². The van der Waals surface area contributed by atoms with Gasteiger partial charge in [0.15, 0.2) is 11.6 Å². The van der Waals surface area contributed by atoms with Crippen LogP contribution in [0, 0.1) is 5.82 Å². The molecule has 1 N–H and O–H groups in total. The number of amides is 1. The van der Waals surface area contributed by atoms with E-state index in [2.05, 4.69) is 5.32 Å². The maximum absolute atomic E-state index is 13.4. The van der Waals surface area contributed by atoms with Crippen LogP contribution in [-0.2, 0) is 6.42 Å². The molecule has 1 aliphatic heterocycles. The molecule has 0 unspecified atom stereocenters. The molecule has 0 atom stereocenters. The first kappa shape index (κ1) is 12.8. The minimum Gasteiger partial charge on any atom is -0.490 e. The highest BCUT2D eigenvalue weighted by Crippen LogP contribution is 2.30. The van der Waals surface area contributed by atoms with Crippen molar-refractivity contribution in [2.24, 2.45) is 0 Å². The van der Waals surface area contributed by atoms with Crippen LogP contribution < -0.4 is 10.1 Å². The fraction of sp³-hybridized carbons (Fsp3) is 0.364. The van der Waals surface area contributed by atoms with Crippen LogP contribution in [0.2, 0.25) is 0 Å². The van der Waals surface area contributed by atoms with Crippen molar-refractivity contribution in [1.29, 1.82) is 0 Å². The number of nitrogens with one attached hydrogen (secondary N) is 1. The summed E-state index contributed by atoms with van der Waals surface area (Å²) in [6, 6.07) is 2.77. The number of carbonyl (C=O) groups excluding carboxylic acids is 1. The molecule has 1 aromatic carbocycles. The van der Waals surface area contributed by atoms with E-state index in [1.807, 2.05) is 0 Å². The van der Waals surface area contributed by atoms with Crippen molar-refractivity contribution in [1.82, 2.24) is 5.32 Å². The van der Waals surface area contributed by atoms with Crippen molar-refractivity contribution in [3.8, 4) is 5.75 Å². The Balaban J connectivity index is 0.00000128. The van der Waals surface area contributed by atoms with Gasteiger partial charge >= 0.3 is 0 Å². The fourth-order valence-electron chi connectivity index (χ4n) is 1.77. The quantitative estimate of drug-likeness (QED) is 0.821. The van der Waals surface area contributed by atoms with E-state index in [-0.39, 0.29) is 24.1 Å². The van der Waals surface area contributed by atoms with Crippen molar-refractivity contribution in [3.05, 3.63) is 29.1 Å². The fourth-order valence-corrected chi connectivity index (χ4v) is 1.77. The van der Waals surface area contributed by atoms with Gasteiger partial charge in [-0.05, 0) is 25.0 Å². The molecular weight excluding hydrogens is 233 g/mol. The molecule has 5 heteroatoms. The van der Waals surface area contributed by atoms with Gasteiger partial charge in [-0.3, -0.25) is 4.79 Å². The molecule has 1 amide bonds. The minimum atomic E-state index is -0.391. The Labute approximate surface area is 99.4 Å². The zero-order chi connectivity index (χ0) is 10.8. The number of carbonyl (C=O) groups is 1. The predicted octanol–water partition coefficient (Wildman–Crippen LogP) is 1.93. The van der Waals surface area contributed by atoms with Gasteiger partial charge in [-0.15, -0.1) is 12.4 Å². The van der Waals surface area contributed by atoms with Crippen LogP contribution >= 0.6 is 12.4 Å². The van der Waals surface area contributed by atoms with Crippen LogP contribution in [0.3, 0.4) is 0 Å². The maximum Gasteiger partial charge on any atom is 0.251 e. The van der Waals surface area contributed by atoms with E-state index in [1.54, 1.807) is 7.05 Å². The summed E-state index contributed by atoms with van der Waals surface area (Å²) in [5.74, 6) is -0.351. The summed E-state index contributed by atoms with van der Waals surface area (Å²) in [5, 5.41) is 2.53. The molecule has 3 nitrogen and oxygen atoms in total. The van der Waals surface area contributed by atoms with Crippen molar-refractivity contribution < 1.29 is 13.9 Å². The van der Waals surface area contributed by atoms with Gasteiger partial charge < -0.3 is 10.1 Å². The minimum absolute atomic E-state index is 0. The second-order valence-electron chi connectivity index (χ2n) is 3.43. The lowest BCUT2D eigenvalue weighted by molar-refractivity contribution is 0.0960. The van der Waals surface area contributed by atoms with Gasteiger partial charge in [0.25, 0.3) is 5.91 Å². The van der Waals surface area contributed by atoms with E-state index in [9.17, 15) is 9.18 Å². The SMILES string of the molecule is CNC(=O)c1ccc(F)c2c1CCCO2.Cl. The lowest BCUT2D eigenvalue weighted by Crippen LogP contribution is -2.22. The second kappa shape index (κ2) is 5.16. The molecule has 0 aliphatic carbocycles. The van der Waals surface area contributed by atoms with E-state index < -0.39 is 5.82 Å². The number of halogens is 2. The molecule has 0 saturated heterocycles. The first-order valence-corrected chi connectivity index (χ1v) is 4.90. The average Bonchev–Trinajstić information content (AvgIpc) is 2.29. The highest BCUT2D eigenvalue weighted by atomic mass is 35.5. The van der Waals surface area contributed by atoms with Gasteiger partial charge in [0.1, 0.15) is 0 Å². The number of fused-ring (bicyclic) bond motifs is 1. The Morgan fingerprint density at radius 2 is 2.25 bits per heavy atom. The number of hydrogen-bond donors (Lipinski definition) is 1. The second-order valence-corrected chi connectivity index (χ2v) is 3.43. The van der Waals surface area contributed by atoms with Gasteiger partial charge in [0.2, 0.25) is 0 Å². The molecule has 0 bridgehead atoms. The van der Waals surface area contributed by atoms with Crippen molar-refractivity contribution in [2.45, 2.75) is 12.8 Å². The lowest BCUT2D eigenvalue weighted by Gasteiger charge is -2.20. The smallest absolute Gasteiger partial charge is 0.251 e. The zero-order valence-corrected chi connectivity index (χ0v) is 9.70. The van der Waals surface area contributed by atoms with Gasteiger partial charge in [-0.25, -0.2) is 4.39 Å². The van der Waals surface area contributed by atoms with Crippen LogP contribution in [0.25, 0.3) is 0 Å². The summed E-state index contributed by atoms with van der Waals surface area (Å²) < 4.78 is 18.6. The molecule has 2 rings (SSSR count).